The van der Waals surface area contributed by atoms with Crippen LogP contribution < -0.4 is 0 Å². The first kappa shape index (κ1) is 28.1. The maximum absolute atomic E-state index is 4.60. The molecule has 0 aromatic heterocycles. The summed E-state index contributed by atoms with van der Waals surface area (Å²) in [5.41, 5.74) is 13.8. The molecule has 5 unspecified atom stereocenters. The lowest BCUT2D eigenvalue weighted by Crippen LogP contribution is -2.37. The van der Waals surface area contributed by atoms with Crippen molar-refractivity contribution in [1.82, 2.24) is 0 Å². The Morgan fingerprint density at radius 1 is 0.947 bits per heavy atom. The van der Waals surface area contributed by atoms with Gasteiger partial charge in [0.1, 0.15) is 0 Å². The van der Waals surface area contributed by atoms with E-state index in [4.69, 9.17) is 0 Å². The molecule has 5 atom stereocenters. The number of unbranched alkanes of at least 4 members (excludes halogenated alkanes) is 1. The van der Waals surface area contributed by atoms with E-state index in [1.54, 1.807) is 18.1 Å². The van der Waals surface area contributed by atoms with Crippen LogP contribution in [-0.2, 0) is 0 Å². The molecule has 6 aliphatic carbocycles. The second-order valence-electron chi connectivity index (χ2n) is 15.1. The standard InChI is InChI=1S/C35H52.C3H4/c1-8-10-17-35(7)18-16-25-24(19-35)15-14-23-13-12-22(4)34(5,6)20-26(28(23)25)29-32-30-27(21(3)11-9-2)31(30)33(29)32;1-3-2/h22-24,26-27,29H,3,8-20H2,1-2,4-7H3;1H,2H3. The number of hydrogen-bond donors (Lipinski definition) is 0. The zero-order chi connectivity index (χ0) is 27.4. The van der Waals surface area contributed by atoms with Crippen molar-refractivity contribution in [2.24, 2.45) is 46.3 Å². The first-order valence-corrected chi connectivity index (χ1v) is 16.4. The molecule has 0 N–H and O–H groups in total. The molecule has 0 aromatic rings. The molecule has 0 heterocycles. The molecular formula is C38H56. The zero-order valence-electron chi connectivity index (χ0n) is 25.9. The lowest BCUT2D eigenvalue weighted by molar-refractivity contribution is 0.119. The Morgan fingerprint density at radius 3 is 2.21 bits per heavy atom. The van der Waals surface area contributed by atoms with Gasteiger partial charge in [-0.3, -0.25) is 0 Å². The summed E-state index contributed by atoms with van der Waals surface area (Å²) in [6.07, 6.45) is 22.9. The van der Waals surface area contributed by atoms with Crippen molar-refractivity contribution in [3.8, 4) is 12.3 Å². The molecule has 0 aliphatic heterocycles. The van der Waals surface area contributed by atoms with Crippen LogP contribution in [0.15, 0.2) is 45.6 Å². The van der Waals surface area contributed by atoms with Gasteiger partial charge >= 0.3 is 0 Å². The SMILES string of the molecule is C#CC.C=C(CCC)C1C2=C3C(=C21)C3C1CC(C)(C)C(C)CCC2CCC3CC(C)(CCCC)CCC3=C21. The minimum Gasteiger partial charge on any atom is -0.120 e. The van der Waals surface area contributed by atoms with Crippen molar-refractivity contribution in [1.29, 1.82) is 0 Å². The van der Waals surface area contributed by atoms with Gasteiger partial charge in [0, 0.05) is 11.8 Å². The molecule has 0 spiro atoms. The van der Waals surface area contributed by atoms with Crippen LogP contribution >= 0.6 is 0 Å². The fourth-order valence-corrected chi connectivity index (χ4v) is 9.53. The van der Waals surface area contributed by atoms with Gasteiger partial charge in [0.05, 0.1) is 0 Å². The van der Waals surface area contributed by atoms with Crippen LogP contribution in [0.3, 0.4) is 0 Å². The lowest BCUT2D eigenvalue weighted by Gasteiger charge is -2.49. The van der Waals surface area contributed by atoms with Gasteiger partial charge in [0.25, 0.3) is 0 Å². The summed E-state index contributed by atoms with van der Waals surface area (Å²) in [6.45, 7) is 21.2. The quantitative estimate of drug-likeness (QED) is 0.235. The predicted molar refractivity (Wildman–Crippen MR) is 165 cm³/mol. The monoisotopic (exact) mass is 512 g/mol. The fourth-order valence-electron chi connectivity index (χ4n) is 9.53. The minimum atomic E-state index is 0.453. The summed E-state index contributed by atoms with van der Waals surface area (Å²) in [6, 6.07) is 0. The van der Waals surface area contributed by atoms with Gasteiger partial charge < -0.3 is 0 Å². The van der Waals surface area contributed by atoms with E-state index in [1.807, 2.05) is 22.3 Å². The second kappa shape index (κ2) is 10.5. The minimum absolute atomic E-state index is 0.453. The topological polar surface area (TPSA) is 0 Å². The molecule has 0 radical (unpaired) electrons. The third-order valence-electron chi connectivity index (χ3n) is 12.0. The average Bonchev–Trinajstić information content (AvgIpc) is 3.71. The summed E-state index contributed by atoms with van der Waals surface area (Å²) in [5, 5.41) is 0. The third-order valence-corrected chi connectivity index (χ3v) is 12.0. The fraction of sp³-hybridized carbons (Fsp3) is 0.737. The summed E-state index contributed by atoms with van der Waals surface area (Å²) in [4.78, 5) is 0. The highest BCUT2D eigenvalue weighted by molar-refractivity contribution is 5.90. The summed E-state index contributed by atoms with van der Waals surface area (Å²) in [7, 11) is 0. The summed E-state index contributed by atoms with van der Waals surface area (Å²) >= 11 is 0. The van der Waals surface area contributed by atoms with E-state index in [2.05, 4.69) is 60.5 Å². The van der Waals surface area contributed by atoms with Gasteiger partial charge in [-0.1, -0.05) is 84.1 Å². The van der Waals surface area contributed by atoms with E-state index in [1.165, 1.54) is 89.0 Å². The first-order valence-electron chi connectivity index (χ1n) is 16.4. The van der Waals surface area contributed by atoms with Gasteiger partial charge in [0.2, 0.25) is 0 Å². The Hall–Kier alpha value is -1.48. The molecule has 4 saturated carbocycles. The van der Waals surface area contributed by atoms with E-state index < -0.39 is 0 Å². The Labute approximate surface area is 235 Å². The number of allylic oxidation sites excluding steroid dienone is 7. The molecule has 0 aromatic carbocycles. The van der Waals surface area contributed by atoms with Crippen molar-refractivity contribution >= 4 is 0 Å². The second-order valence-corrected chi connectivity index (χ2v) is 15.1. The first-order chi connectivity index (χ1) is 18.1. The highest BCUT2D eigenvalue weighted by Crippen LogP contribution is 2.78. The largest absolute Gasteiger partial charge is 0.120 e. The van der Waals surface area contributed by atoms with Crippen LogP contribution in [0, 0.1) is 58.7 Å². The van der Waals surface area contributed by atoms with Gasteiger partial charge in [-0.25, -0.2) is 0 Å². The Kier molecular flexibility index (Phi) is 7.75. The van der Waals surface area contributed by atoms with Crippen LogP contribution in [0.2, 0.25) is 0 Å². The smallest absolute Gasteiger partial charge is 0.0308 e. The van der Waals surface area contributed by atoms with Gasteiger partial charge in [-0.2, -0.15) is 0 Å². The molecule has 6 rings (SSSR count). The molecule has 0 heteroatoms. The predicted octanol–water partition coefficient (Wildman–Crippen LogP) is 11.0. The molecule has 38 heavy (non-hydrogen) atoms. The lowest BCUT2D eigenvalue weighted by atomic mass is 9.56. The molecule has 6 aliphatic rings. The van der Waals surface area contributed by atoms with Crippen LogP contribution in [0.1, 0.15) is 132 Å². The molecule has 208 valence electrons. The van der Waals surface area contributed by atoms with Crippen LogP contribution in [0.25, 0.3) is 0 Å². The van der Waals surface area contributed by atoms with Crippen molar-refractivity contribution < 1.29 is 0 Å². The molecule has 0 amide bonds. The maximum Gasteiger partial charge on any atom is 0.0308 e. The van der Waals surface area contributed by atoms with E-state index >= 15 is 0 Å². The number of rotatable bonds is 7. The van der Waals surface area contributed by atoms with Gasteiger partial charge in [-0.05, 0) is 128 Å². The Balaban J connectivity index is 0.000000937. The highest BCUT2D eigenvalue weighted by atomic mass is 14.7. The maximum atomic E-state index is 4.60. The normalized spacial score (nSPS) is 35.3. The average molecular weight is 513 g/mol. The number of terminal acetylenes is 1. The third kappa shape index (κ3) is 4.73. The Bertz CT molecular complexity index is 1070. The van der Waals surface area contributed by atoms with Crippen LogP contribution in [-0.4, -0.2) is 0 Å². The van der Waals surface area contributed by atoms with Crippen molar-refractivity contribution in [3.63, 3.8) is 0 Å². The molecule has 0 bridgehead atoms. The Morgan fingerprint density at radius 2 is 1.58 bits per heavy atom. The summed E-state index contributed by atoms with van der Waals surface area (Å²) in [5.74, 6) is 7.20. The molecule has 0 nitrogen and oxygen atoms in total. The number of hydrogen-bond acceptors (Lipinski definition) is 0. The van der Waals surface area contributed by atoms with E-state index in [-0.39, 0.29) is 0 Å². The number of fused-ring (bicyclic) bond motifs is 4. The van der Waals surface area contributed by atoms with Gasteiger partial charge in [0.15, 0.2) is 0 Å². The van der Waals surface area contributed by atoms with Crippen LogP contribution in [0.5, 0.6) is 0 Å². The van der Waals surface area contributed by atoms with Crippen molar-refractivity contribution in [2.75, 3.05) is 0 Å². The van der Waals surface area contributed by atoms with Crippen LogP contribution in [0.4, 0.5) is 0 Å². The van der Waals surface area contributed by atoms with E-state index in [9.17, 15) is 0 Å². The van der Waals surface area contributed by atoms with Crippen molar-refractivity contribution in [3.05, 3.63) is 45.6 Å². The highest BCUT2D eigenvalue weighted by Gasteiger charge is 2.66. The van der Waals surface area contributed by atoms with Gasteiger partial charge in [-0.15, -0.1) is 12.3 Å². The van der Waals surface area contributed by atoms with E-state index in [0.29, 0.717) is 16.7 Å². The van der Waals surface area contributed by atoms with Crippen molar-refractivity contribution in [2.45, 2.75) is 132 Å². The molecular weight excluding hydrogens is 456 g/mol. The summed E-state index contributed by atoms with van der Waals surface area (Å²) < 4.78 is 0. The molecule has 4 fully saturated rings. The molecule has 0 saturated heterocycles. The van der Waals surface area contributed by atoms with E-state index in [0.717, 1.165) is 29.6 Å². The zero-order valence-corrected chi connectivity index (χ0v) is 25.9.